The van der Waals surface area contributed by atoms with Crippen LogP contribution in [0.5, 0.6) is 0 Å². The summed E-state index contributed by atoms with van der Waals surface area (Å²) in [5, 5.41) is 14.9. The molecule has 5 nitrogen and oxygen atoms in total. The maximum Gasteiger partial charge on any atom is 0.310 e. The number of carbonyl (C=O) groups is 2. The van der Waals surface area contributed by atoms with E-state index in [1.54, 1.807) is 27.7 Å². The molecule has 17 heavy (non-hydrogen) atoms. The van der Waals surface area contributed by atoms with E-state index in [0.29, 0.717) is 0 Å². The van der Waals surface area contributed by atoms with Crippen molar-refractivity contribution < 1.29 is 14.7 Å². The molecule has 3 N–H and O–H groups in total. The SMILES string of the molecule is CC(C)NC(=O)CNC(C)(C)C(C)(C)C(=O)O. The monoisotopic (exact) mass is 244 g/mol. The Bertz CT molecular complexity index is 296. The lowest BCUT2D eigenvalue weighted by Gasteiger charge is -2.38. The Morgan fingerprint density at radius 3 is 2.00 bits per heavy atom. The summed E-state index contributed by atoms with van der Waals surface area (Å²) < 4.78 is 0. The zero-order valence-corrected chi connectivity index (χ0v) is 11.5. The molecule has 0 heterocycles. The third kappa shape index (κ3) is 4.34. The van der Waals surface area contributed by atoms with Gasteiger partial charge in [-0.25, -0.2) is 0 Å². The second-order valence-electron chi connectivity index (χ2n) is 5.63. The van der Waals surface area contributed by atoms with Gasteiger partial charge in [-0.2, -0.15) is 0 Å². The predicted octanol–water partition coefficient (Wildman–Crippen LogP) is 0.990. The molecule has 5 heteroatoms. The topological polar surface area (TPSA) is 78.4 Å². The number of carboxylic acid groups (broad SMARTS) is 1. The van der Waals surface area contributed by atoms with Gasteiger partial charge in [0.05, 0.1) is 12.0 Å². The average molecular weight is 244 g/mol. The van der Waals surface area contributed by atoms with E-state index in [9.17, 15) is 9.59 Å². The van der Waals surface area contributed by atoms with E-state index in [1.807, 2.05) is 13.8 Å². The van der Waals surface area contributed by atoms with Crippen LogP contribution in [0.3, 0.4) is 0 Å². The van der Waals surface area contributed by atoms with Crippen LogP contribution in [0.4, 0.5) is 0 Å². The fraction of sp³-hybridized carbons (Fsp3) is 0.833. The molecule has 0 radical (unpaired) electrons. The lowest BCUT2D eigenvalue weighted by atomic mass is 9.74. The summed E-state index contributed by atoms with van der Waals surface area (Å²) in [5.74, 6) is -1.02. The van der Waals surface area contributed by atoms with E-state index in [2.05, 4.69) is 10.6 Å². The first kappa shape index (κ1) is 15.9. The van der Waals surface area contributed by atoms with Crippen molar-refractivity contribution in [2.24, 2.45) is 5.41 Å². The van der Waals surface area contributed by atoms with E-state index in [0.717, 1.165) is 0 Å². The molecule has 100 valence electrons. The maximum atomic E-state index is 11.5. The first-order valence-electron chi connectivity index (χ1n) is 5.78. The molecule has 0 aliphatic rings. The highest BCUT2D eigenvalue weighted by Gasteiger charge is 2.43. The summed E-state index contributed by atoms with van der Waals surface area (Å²) in [6, 6.07) is 0.0832. The zero-order valence-electron chi connectivity index (χ0n) is 11.5. The normalized spacial score (nSPS) is 12.6. The van der Waals surface area contributed by atoms with Crippen LogP contribution in [0.15, 0.2) is 0 Å². The lowest BCUT2D eigenvalue weighted by molar-refractivity contribution is -0.151. The molecule has 0 atom stereocenters. The quantitative estimate of drug-likeness (QED) is 0.651. The highest BCUT2D eigenvalue weighted by molar-refractivity contribution is 5.79. The van der Waals surface area contributed by atoms with Gasteiger partial charge in [0.15, 0.2) is 0 Å². The van der Waals surface area contributed by atoms with Gasteiger partial charge in [0.1, 0.15) is 0 Å². The van der Waals surface area contributed by atoms with Gasteiger partial charge in [-0.05, 0) is 41.5 Å². The number of rotatable bonds is 6. The Morgan fingerprint density at radius 2 is 1.65 bits per heavy atom. The number of hydrogen-bond acceptors (Lipinski definition) is 3. The van der Waals surface area contributed by atoms with Crippen LogP contribution in [-0.4, -0.2) is 35.1 Å². The minimum absolute atomic E-state index is 0.0832. The van der Waals surface area contributed by atoms with Crippen molar-refractivity contribution >= 4 is 11.9 Å². The lowest BCUT2D eigenvalue weighted by Crippen LogP contribution is -2.57. The third-order valence-corrected chi connectivity index (χ3v) is 3.24. The van der Waals surface area contributed by atoms with Crippen molar-refractivity contribution in [2.45, 2.75) is 53.1 Å². The molecule has 0 aromatic carbocycles. The summed E-state index contributed by atoms with van der Waals surface area (Å²) in [4.78, 5) is 22.6. The van der Waals surface area contributed by atoms with E-state index >= 15 is 0 Å². The van der Waals surface area contributed by atoms with Gasteiger partial charge in [0.25, 0.3) is 0 Å². The van der Waals surface area contributed by atoms with E-state index in [4.69, 9.17) is 5.11 Å². The third-order valence-electron chi connectivity index (χ3n) is 3.24. The van der Waals surface area contributed by atoms with E-state index in [-0.39, 0.29) is 18.5 Å². The van der Waals surface area contributed by atoms with Gasteiger partial charge in [0.2, 0.25) is 5.91 Å². The molecule has 0 saturated carbocycles. The molecular formula is C12H24N2O3. The van der Waals surface area contributed by atoms with Crippen molar-refractivity contribution in [1.29, 1.82) is 0 Å². The Labute approximate surface area is 103 Å². The van der Waals surface area contributed by atoms with Crippen LogP contribution >= 0.6 is 0 Å². The molecule has 0 fully saturated rings. The number of nitrogens with one attached hydrogen (secondary N) is 2. The Hall–Kier alpha value is -1.10. The highest BCUT2D eigenvalue weighted by Crippen LogP contribution is 2.30. The second kappa shape index (κ2) is 5.49. The van der Waals surface area contributed by atoms with Crippen molar-refractivity contribution in [3.05, 3.63) is 0 Å². The van der Waals surface area contributed by atoms with Crippen LogP contribution in [0.1, 0.15) is 41.5 Å². The number of hydrogen-bond donors (Lipinski definition) is 3. The van der Waals surface area contributed by atoms with Crippen LogP contribution < -0.4 is 10.6 Å². The predicted molar refractivity (Wildman–Crippen MR) is 66.8 cm³/mol. The number of aliphatic carboxylic acids is 1. The first-order valence-corrected chi connectivity index (χ1v) is 5.78. The summed E-state index contributed by atoms with van der Waals surface area (Å²) in [5.41, 5.74) is -1.63. The molecule has 0 bridgehead atoms. The van der Waals surface area contributed by atoms with Crippen LogP contribution in [0, 0.1) is 5.41 Å². The largest absolute Gasteiger partial charge is 0.481 e. The fourth-order valence-electron chi connectivity index (χ4n) is 1.16. The standard InChI is InChI=1S/C12H24N2O3/c1-8(2)14-9(15)7-13-12(5,6)11(3,4)10(16)17/h8,13H,7H2,1-6H3,(H,14,15)(H,16,17). The Kier molecular flexibility index (Phi) is 5.13. The molecular weight excluding hydrogens is 220 g/mol. The molecule has 0 aromatic rings. The van der Waals surface area contributed by atoms with Gasteiger partial charge in [-0.3, -0.25) is 9.59 Å². The second-order valence-corrected chi connectivity index (χ2v) is 5.63. The van der Waals surface area contributed by atoms with Crippen molar-refractivity contribution in [2.75, 3.05) is 6.54 Å². The summed E-state index contributed by atoms with van der Waals surface area (Å²) in [7, 11) is 0. The van der Waals surface area contributed by atoms with Gasteiger partial charge < -0.3 is 15.7 Å². The Balaban J connectivity index is 4.47. The molecule has 0 aliphatic heterocycles. The Morgan fingerprint density at radius 1 is 1.18 bits per heavy atom. The summed E-state index contributed by atoms with van der Waals surface area (Å²) >= 11 is 0. The fourth-order valence-corrected chi connectivity index (χ4v) is 1.16. The minimum atomic E-state index is -0.953. The molecule has 0 rings (SSSR count). The summed E-state index contributed by atoms with van der Waals surface area (Å²) in [6.45, 7) is 10.7. The molecule has 1 amide bonds. The zero-order chi connectivity index (χ0) is 13.9. The van der Waals surface area contributed by atoms with Gasteiger partial charge in [0, 0.05) is 11.6 Å². The molecule has 0 spiro atoms. The minimum Gasteiger partial charge on any atom is -0.481 e. The number of carboxylic acids is 1. The smallest absolute Gasteiger partial charge is 0.310 e. The maximum absolute atomic E-state index is 11.5. The van der Waals surface area contributed by atoms with Gasteiger partial charge in [-0.1, -0.05) is 0 Å². The van der Waals surface area contributed by atoms with E-state index < -0.39 is 16.9 Å². The molecule has 0 aliphatic carbocycles. The van der Waals surface area contributed by atoms with Crippen LogP contribution in [0.2, 0.25) is 0 Å². The van der Waals surface area contributed by atoms with Gasteiger partial charge >= 0.3 is 5.97 Å². The van der Waals surface area contributed by atoms with Crippen molar-refractivity contribution in [1.82, 2.24) is 10.6 Å². The van der Waals surface area contributed by atoms with Crippen molar-refractivity contribution in [3.63, 3.8) is 0 Å². The van der Waals surface area contributed by atoms with Gasteiger partial charge in [-0.15, -0.1) is 0 Å². The van der Waals surface area contributed by atoms with Crippen molar-refractivity contribution in [3.8, 4) is 0 Å². The van der Waals surface area contributed by atoms with Crippen LogP contribution in [-0.2, 0) is 9.59 Å². The molecule has 0 saturated heterocycles. The summed E-state index contributed by atoms with van der Waals surface area (Å²) in [6.07, 6.45) is 0. The number of amides is 1. The van der Waals surface area contributed by atoms with E-state index in [1.165, 1.54) is 0 Å². The highest BCUT2D eigenvalue weighted by atomic mass is 16.4. The first-order chi connectivity index (χ1) is 7.50. The molecule has 0 aromatic heterocycles. The number of carbonyl (C=O) groups excluding carboxylic acids is 1. The van der Waals surface area contributed by atoms with Crippen LogP contribution in [0.25, 0.3) is 0 Å². The molecule has 0 unspecified atom stereocenters. The average Bonchev–Trinajstić information content (AvgIpc) is 2.13.